The van der Waals surface area contributed by atoms with Crippen LogP contribution in [-0.2, 0) is 29.1 Å². The smallest absolute Gasteiger partial charge is 0.247 e. The van der Waals surface area contributed by atoms with Gasteiger partial charge in [-0.15, -0.1) is 0 Å². The normalized spacial score (nSPS) is 11.5. The molecule has 4 nitrogen and oxygen atoms in total. The van der Waals surface area contributed by atoms with E-state index in [2.05, 4.69) is 5.32 Å². The summed E-state index contributed by atoms with van der Waals surface area (Å²) in [7, 11) is 0. The molecule has 0 aliphatic rings. The first-order valence-corrected chi connectivity index (χ1v) is 12.4. The summed E-state index contributed by atoms with van der Waals surface area (Å²) >= 11 is 6.31. The van der Waals surface area contributed by atoms with Gasteiger partial charge in [-0.3, -0.25) is 9.59 Å². The number of nitrogens with zero attached hydrogens (tertiary/aromatic N) is 1. The van der Waals surface area contributed by atoms with Gasteiger partial charge in [0.05, 0.1) is 0 Å². The molecule has 0 radical (unpaired) electrons. The van der Waals surface area contributed by atoms with Gasteiger partial charge in [-0.1, -0.05) is 121 Å². The fraction of sp³-hybridized carbons (Fsp3) is 0.161. The molecule has 0 fully saturated rings. The highest BCUT2D eigenvalue weighted by Crippen LogP contribution is 2.26. The maximum atomic E-state index is 13.7. The van der Waals surface area contributed by atoms with E-state index in [4.69, 9.17) is 11.6 Å². The van der Waals surface area contributed by atoms with Gasteiger partial charge >= 0.3 is 0 Å². The van der Waals surface area contributed by atoms with Crippen molar-refractivity contribution in [3.05, 3.63) is 143 Å². The Morgan fingerprint density at radius 3 is 1.92 bits per heavy atom. The number of halogens is 1. The fourth-order valence-corrected chi connectivity index (χ4v) is 4.37. The molecule has 0 aromatic heterocycles. The van der Waals surface area contributed by atoms with E-state index >= 15 is 0 Å². The van der Waals surface area contributed by atoms with Gasteiger partial charge in [-0.25, -0.2) is 0 Å². The number of rotatable bonds is 10. The molecule has 1 atom stereocenters. The van der Waals surface area contributed by atoms with E-state index < -0.39 is 6.04 Å². The zero-order valence-corrected chi connectivity index (χ0v) is 20.8. The molecule has 0 heterocycles. The van der Waals surface area contributed by atoms with Crippen molar-refractivity contribution in [1.82, 2.24) is 10.2 Å². The molecule has 2 amide bonds. The largest absolute Gasteiger partial charge is 0.350 e. The van der Waals surface area contributed by atoms with Gasteiger partial charge in [0.2, 0.25) is 11.8 Å². The number of aryl methyl sites for hydroxylation is 1. The molecule has 0 aliphatic carbocycles. The highest BCUT2D eigenvalue weighted by Gasteiger charge is 2.31. The van der Waals surface area contributed by atoms with Gasteiger partial charge in [-0.05, 0) is 34.7 Å². The summed E-state index contributed by atoms with van der Waals surface area (Å²) in [5, 5.41) is 3.61. The lowest BCUT2D eigenvalue weighted by molar-refractivity contribution is -0.141. The van der Waals surface area contributed by atoms with Crippen LogP contribution in [0.15, 0.2) is 115 Å². The maximum Gasteiger partial charge on any atom is 0.247 e. The first kappa shape index (κ1) is 25.2. The van der Waals surface area contributed by atoms with Crippen LogP contribution in [0, 0.1) is 0 Å². The van der Waals surface area contributed by atoms with Crippen molar-refractivity contribution >= 4 is 23.4 Å². The Labute approximate surface area is 217 Å². The molecule has 0 spiro atoms. The molecule has 36 heavy (non-hydrogen) atoms. The Kier molecular flexibility index (Phi) is 8.90. The summed E-state index contributed by atoms with van der Waals surface area (Å²) in [6.07, 6.45) is 0.908. The van der Waals surface area contributed by atoms with E-state index in [0.29, 0.717) is 24.4 Å². The molecule has 0 saturated carbocycles. The van der Waals surface area contributed by atoms with Crippen LogP contribution in [0.3, 0.4) is 0 Å². The molecule has 0 aliphatic heterocycles. The van der Waals surface area contributed by atoms with Crippen molar-refractivity contribution in [3.63, 3.8) is 0 Å². The molecule has 0 saturated heterocycles. The monoisotopic (exact) mass is 496 g/mol. The second-order valence-electron chi connectivity index (χ2n) is 8.62. The van der Waals surface area contributed by atoms with E-state index in [0.717, 1.165) is 22.3 Å². The van der Waals surface area contributed by atoms with Gasteiger partial charge < -0.3 is 10.2 Å². The van der Waals surface area contributed by atoms with Crippen molar-refractivity contribution in [2.24, 2.45) is 0 Å². The Morgan fingerprint density at radius 2 is 1.28 bits per heavy atom. The predicted molar refractivity (Wildman–Crippen MR) is 144 cm³/mol. The van der Waals surface area contributed by atoms with Crippen LogP contribution in [0.25, 0.3) is 0 Å². The lowest BCUT2D eigenvalue weighted by atomic mass is 10.0. The average molecular weight is 497 g/mol. The van der Waals surface area contributed by atoms with Gasteiger partial charge in [-0.2, -0.15) is 0 Å². The lowest BCUT2D eigenvalue weighted by Crippen LogP contribution is -2.43. The summed E-state index contributed by atoms with van der Waals surface area (Å²) < 4.78 is 0. The van der Waals surface area contributed by atoms with Crippen molar-refractivity contribution in [2.75, 3.05) is 0 Å². The summed E-state index contributed by atoms with van der Waals surface area (Å²) in [5.74, 6) is -0.324. The average Bonchev–Trinajstić information content (AvgIpc) is 2.92. The molecule has 1 N–H and O–H groups in total. The van der Waals surface area contributed by atoms with Crippen LogP contribution in [0.2, 0.25) is 5.02 Å². The minimum atomic E-state index is -0.780. The Bertz CT molecular complexity index is 1260. The minimum Gasteiger partial charge on any atom is -0.350 e. The van der Waals surface area contributed by atoms with Crippen molar-refractivity contribution in [3.8, 4) is 0 Å². The lowest BCUT2D eigenvalue weighted by Gasteiger charge is -2.32. The van der Waals surface area contributed by atoms with Crippen molar-refractivity contribution in [1.29, 1.82) is 0 Å². The van der Waals surface area contributed by atoms with Gasteiger partial charge in [0, 0.05) is 24.5 Å². The van der Waals surface area contributed by atoms with Gasteiger partial charge in [0.25, 0.3) is 0 Å². The van der Waals surface area contributed by atoms with E-state index in [1.54, 1.807) is 11.0 Å². The first-order chi connectivity index (χ1) is 17.6. The fourth-order valence-electron chi connectivity index (χ4n) is 4.17. The quantitative estimate of drug-likeness (QED) is 0.278. The highest BCUT2D eigenvalue weighted by atomic mass is 35.5. The number of nitrogens with one attached hydrogen (secondary N) is 1. The number of carbonyl (C=O) groups excluding carboxylic acids is 2. The Balaban J connectivity index is 1.62. The standard InChI is InChI=1S/C31H29ClN2O2/c32-28-19-11-10-18-27(28)22-33-31(36)30(26-16-8-3-9-17-26)34(23-25-14-6-2-7-15-25)29(35)21-20-24-12-4-1-5-13-24/h1-19,30H,20-23H2,(H,33,36)/t30-/m0/s1. The van der Waals surface area contributed by atoms with E-state index in [-0.39, 0.29) is 18.4 Å². The van der Waals surface area contributed by atoms with Crippen LogP contribution < -0.4 is 5.32 Å². The number of carbonyl (C=O) groups is 2. The third kappa shape index (κ3) is 6.83. The Morgan fingerprint density at radius 1 is 0.722 bits per heavy atom. The van der Waals surface area contributed by atoms with Crippen LogP contribution in [0.4, 0.5) is 0 Å². The third-order valence-corrected chi connectivity index (χ3v) is 6.44. The summed E-state index contributed by atoms with van der Waals surface area (Å²) in [6, 6.07) is 35.8. The minimum absolute atomic E-state index is 0.0792. The highest BCUT2D eigenvalue weighted by molar-refractivity contribution is 6.31. The molecular formula is C31H29ClN2O2. The molecule has 4 rings (SSSR count). The molecule has 0 unspecified atom stereocenters. The molecule has 5 heteroatoms. The van der Waals surface area contributed by atoms with Gasteiger partial charge in [0.1, 0.15) is 6.04 Å². The van der Waals surface area contributed by atoms with Crippen LogP contribution in [-0.4, -0.2) is 16.7 Å². The second-order valence-corrected chi connectivity index (χ2v) is 9.02. The SMILES string of the molecule is O=C(NCc1ccccc1Cl)[C@H](c1ccccc1)N(Cc1ccccc1)C(=O)CCc1ccccc1. The zero-order chi connectivity index (χ0) is 25.2. The molecule has 4 aromatic carbocycles. The van der Waals surface area contributed by atoms with E-state index in [9.17, 15) is 9.59 Å². The van der Waals surface area contributed by atoms with Crippen molar-refractivity contribution < 1.29 is 9.59 Å². The van der Waals surface area contributed by atoms with Crippen molar-refractivity contribution in [2.45, 2.75) is 32.0 Å². The molecule has 0 bridgehead atoms. The Hall–Kier alpha value is -3.89. The number of hydrogen-bond acceptors (Lipinski definition) is 2. The molecular weight excluding hydrogens is 468 g/mol. The van der Waals surface area contributed by atoms with Crippen LogP contribution in [0.5, 0.6) is 0 Å². The number of amides is 2. The molecule has 182 valence electrons. The van der Waals surface area contributed by atoms with Gasteiger partial charge in [0.15, 0.2) is 0 Å². The summed E-state index contributed by atoms with van der Waals surface area (Å²) in [4.78, 5) is 29.1. The van der Waals surface area contributed by atoms with E-state index in [1.807, 2.05) is 109 Å². The number of benzene rings is 4. The topological polar surface area (TPSA) is 49.4 Å². The predicted octanol–water partition coefficient (Wildman–Crippen LogP) is 6.36. The maximum absolute atomic E-state index is 13.7. The first-order valence-electron chi connectivity index (χ1n) is 12.0. The summed E-state index contributed by atoms with van der Waals surface area (Å²) in [5.41, 5.74) is 3.64. The van der Waals surface area contributed by atoms with Crippen LogP contribution >= 0.6 is 11.6 Å². The summed E-state index contributed by atoms with van der Waals surface area (Å²) in [6.45, 7) is 0.604. The zero-order valence-electron chi connectivity index (χ0n) is 20.0. The van der Waals surface area contributed by atoms with Crippen LogP contribution in [0.1, 0.15) is 34.7 Å². The van der Waals surface area contributed by atoms with E-state index in [1.165, 1.54) is 0 Å². The molecule has 4 aromatic rings. The number of hydrogen-bond donors (Lipinski definition) is 1. The third-order valence-electron chi connectivity index (χ3n) is 6.07. The second kappa shape index (κ2) is 12.7.